The number of hydrogen-bond acceptors (Lipinski definition) is 8. The highest BCUT2D eigenvalue weighted by molar-refractivity contribution is 5.97. The minimum Gasteiger partial charge on any atom is -0.503 e. The molecule has 0 radical (unpaired) electrons. The lowest BCUT2D eigenvalue weighted by molar-refractivity contribution is -0.154. The van der Waals surface area contributed by atoms with Gasteiger partial charge in [-0.2, -0.15) is 0 Å². The number of aromatic hydroxyl groups is 1. The van der Waals surface area contributed by atoms with E-state index in [1.807, 2.05) is 19.1 Å². The van der Waals surface area contributed by atoms with Crippen molar-refractivity contribution in [3.63, 3.8) is 0 Å². The Morgan fingerprint density at radius 2 is 1.68 bits per heavy atom. The van der Waals surface area contributed by atoms with Crippen LogP contribution >= 0.6 is 0 Å². The van der Waals surface area contributed by atoms with Gasteiger partial charge in [-0.1, -0.05) is 17.7 Å². The van der Waals surface area contributed by atoms with Crippen molar-refractivity contribution in [1.82, 2.24) is 10.3 Å². The third-order valence-corrected chi connectivity index (χ3v) is 5.54. The van der Waals surface area contributed by atoms with E-state index in [0.29, 0.717) is 11.3 Å². The van der Waals surface area contributed by atoms with Crippen molar-refractivity contribution in [3.8, 4) is 23.0 Å². The zero-order valence-corrected chi connectivity index (χ0v) is 21.2. The van der Waals surface area contributed by atoms with Crippen molar-refractivity contribution in [2.75, 3.05) is 14.2 Å². The summed E-state index contributed by atoms with van der Waals surface area (Å²) < 4.78 is 35.9. The first-order chi connectivity index (χ1) is 17.6. The Morgan fingerprint density at radius 3 is 2.32 bits per heavy atom. The number of hydrogen-bond donors (Lipinski definition) is 2. The average Bonchev–Trinajstić information content (AvgIpc) is 2.88. The maximum atomic E-state index is 13.8. The first-order valence-electron chi connectivity index (χ1n) is 11.4. The third-order valence-electron chi connectivity index (χ3n) is 5.54. The van der Waals surface area contributed by atoms with E-state index in [1.165, 1.54) is 51.6 Å². The molecular formula is C27H29FN2O7. The fourth-order valence-electron chi connectivity index (χ4n) is 3.53. The lowest BCUT2D eigenvalue weighted by Crippen LogP contribution is -2.42. The van der Waals surface area contributed by atoms with E-state index < -0.39 is 41.7 Å². The van der Waals surface area contributed by atoms with Crippen molar-refractivity contribution in [3.05, 3.63) is 77.4 Å². The van der Waals surface area contributed by atoms with Crippen molar-refractivity contribution in [1.29, 1.82) is 0 Å². The van der Waals surface area contributed by atoms with Crippen LogP contribution in [0.15, 0.2) is 54.7 Å². The molecule has 2 N–H and O–H groups in total. The molecule has 0 saturated heterocycles. The number of amides is 1. The maximum absolute atomic E-state index is 13.8. The molecule has 0 aliphatic rings. The minimum atomic E-state index is -1.10. The standard InChI is InChI=1S/C27H29FN2O7/c1-15-6-9-19(10-7-15)37-25(20-11-8-18(28)14-22(20)35-5)17(3)36-27(33)16(2)30-26(32)23-24(31)21(34-4)12-13-29-23/h6-14,16-17,25,31H,1-5H3,(H,30,32)/t16?,17-,25-/m0/s1. The lowest BCUT2D eigenvalue weighted by atomic mass is 10.0. The number of rotatable bonds is 10. The number of nitrogens with zero attached hydrogens (tertiary/aromatic N) is 1. The summed E-state index contributed by atoms with van der Waals surface area (Å²) in [6.45, 7) is 4.98. The summed E-state index contributed by atoms with van der Waals surface area (Å²) >= 11 is 0. The minimum absolute atomic E-state index is 0.0633. The second kappa shape index (κ2) is 12.1. The molecular weight excluding hydrogens is 483 g/mol. The molecule has 1 heterocycles. The Hall–Kier alpha value is -4.34. The van der Waals surface area contributed by atoms with Gasteiger partial charge >= 0.3 is 5.97 Å². The third kappa shape index (κ3) is 6.66. The molecule has 3 rings (SSSR count). The van der Waals surface area contributed by atoms with Gasteiger partial charge in [-0.05, 0) is 45.0 Å². The molecule has 37 heavy (non-hydrogen) atoms. The number of aromatic nitrogens is 1. The molecule has 0 spiro atoms. The van der Waals surface area contributed by atoms with Gasteiger partial charge in [-0.25, -0.2) is 14.2 Å². The van der Waals surface area contributed by atoms with E-state index in [9.17, 15) is 19.1 Å². The fourth-order valence-corrected chi connectivity index (χ4v) is 3.53. The Bertz CT molecular complexity index is 1250. The highest BCUT2D eigenvalue weighted by Gasteiger charge is 2.30. The number of esters is 1. The lowest BCUT2D eigenvalue weighted by Gasteiger charge is -2.28. The first-order valence-corrected chi connectivity index (χ1v) is 11.4. The largest absolute Gasteiger partial charge is 0.503 e. The number of methoxy groups -OCH3 is 2. The maximum Gasteiger partial charge on any atom is 0.328 e. The molecule has 1 amide bonds. The smallest absolute Gasteiger partial charge is 0.328 e. The summed E-state index contributed by atoms with van der Waals surface area (Å²) in [4.78, 5) is 29.3. The number of aryl methyl sites for hydroxylation is 1. The summed E-state index contributed by atoms with van der Waals surface area (Å²) in [5.74, 6) is -1.71. The van der Waals surface area contributed by atoms with Crippen LogP contribution in [0.5, 0.6) is 23.0 Å². The van der Waals surface area contributed by atoms with Crippen LogP contribution in [0, 0.1) is 12.7 Å². The number of halogens is 1. The summed E-state index contributed by atoms with van der Waals surface area (Å²) in [7, 11) is 2.74. The van der Waals surface area contributed by atoms with Gasteiger partial charge in [-0.15, -0.1) is 0 Å². The van der Waals surface area contributed by atoms with E-state index in [1.54, 1.807) is 19.1 Å². The van der Waals surface area contributed by atoms with Gasteiger partial charge < -0.3 is 29.4 Å². The van der Waals surface area contributed by atoms with Crippen LogP contribution in [0.3, 0.4) is 0 Å². The van der Waals surface area contributed by atoms with Gasteiger partial charge in [0.2, 0.25) is 0 Å². The topological polar surface area (TPSA) is 116 Å². The van der Waals surface area contributed by atoms with Gasteiger partial charge in [0.1, 0.15) is 29.5 Å². The quantitative estimate of drug-likeness (QED) is 0.390. The molecule has 3 atom stereocenters. The second-order valence-corrected chi connectivity index (χ2v) is 8.29. The Balaban J connectivity index is 1.79. The van der Waals surface area contributed by atoms with E-state index in [2.05, 4.69) is 10.3 Å². The molecule has 0 saturated carbocycles. The molecule has 0 aliphatic heterocycles. The van der Waals surface area contributed by atoms with Crippen LogP contribution in [-0.2, 0) is 9.53 Å². The molecule has 1 unspecified atom stereocenters. The van der Waals surface area contributed by atoms with E-state index in [0.717, 1.165) is 5.56 Å². The predicted molar refractivity (Wildman–Crippen MR) is 132 cm³/mol. The van der Waals surface area contributed by atoms with Gasteiger partial charge in [0.05, 0.1) is 14.2 Å². The van der Waals surface area contributed by atoms with Crippen LogP contribution in [0.25, 0.3) is 0 Å². The number of pyridine rings is 1. The van der Waals surface area contributed by atoms with Crippen LogP contribution < -0.4 is 19.5 Å². The molecule has 196 valence electrons. The van der Waals surface area contributed by atoms with Crippen LogP contribution in [0.4, 0.5) is 4.39 Å². The van der Waals surface area contributed by atoms with Gasteiger partial charge in [0.15, 0.2) is 23.3 Å². The van der Waals surface area contributed by atoms with Crippen LogP contribution in [0.2, 0.25) is 0 Å². The number of carbonyl (C=O) groups is 2. The van der Waals surface area contributed by atoms with Gasteiger partial charge in [0, 0.05) is 23.9 Å². The molecule has 3 aromatic rings. The Kier molecular flexibility index (Phi) is 8.89. The molecule has 2 aromatic carbocycles. The molecule has 0 fully saturated rings. The highest BCUT2D eigenvalue weighted by Crippen LogP contribution is 2.34. The molecule has 10 heteroatoms. The number of ether oxygens (including phenoxy) is 4. The number of benzene rings is 2. The highest BCUT2D eigenvalue weighted by atomic mass is 19.1. The van der Waals surface area contributed by atoms with E-state index in [-0.39, 0.29) is 17.2 Å². The number of carbonyl (C=O) groups excluding carboxylic acids is 2. The van der Waals surface area contributed by atoms with Crippen molar-refractivity contribution >= 4 is 11.9 Å². The van der Waals surface area contributed by atoms with Gasteiger partial charge in [-0.3, -0.25) is 4.79 Å². The van der Waals surface area contributed by atoms with E-state index in [4.69, 9.17) is 18.9 Å². The Morgan fingerprint density at radius 1 is 1.00 bits per heavy atom. The molecule has 0 aliphatic carbocycles. The van der Waals surface area contributed by atoms with Gasteiger partial charge in [0.25, 0.3) is 5.91 Å². The van der Waals surface area contributed by atoms with Crippen molar-refractivity contribution in [2.24, 2.45) is 0 Å². The second-order valence-electron chi connectivity index (χ2n) is 8.29. The summed E-state index contributed by atoms with van der Waals surface area (Å²) in [5.41, 5.74) is 1.19. The summed E-state index contributed by atoms with van der Waals surface area (Å²) in [5, 5.41) is 12.6. The predicted octanol–water partition coefficient (Wildman–Crippen LogP) is 4.12. The average molecular weight is 513 g/mol. The normalized spacial score (nSPS) is 13.1. The fraction of sp³-hybridized carbons (Fsp3) is 0.296. The zero-order chi connectivity index (χ0) is 27.1. The van der Waals surface area contributed by atoms with Crippen molar-refractivity contribution in [2.45, 2.75) is 39.0 Å². The summed E-state index contributed by atoms with van der Waals surface area (Å²) in [6.07, 6.45) is -0.452. The first kappa shape index (κ1) is 27.3. The number of nitrogens with one attached hydrogen (secondary N) is 1. The molecule has 0 bridgehead atoms. The molecule has 1 aromatic heterocycles. The van der Waals surface area contributed by atoms with E-state index >= 15 is 0 Å². The SMILES string of the molecule is COc1cc(F)ccc1[C@@H](Oc1ccc(C)cc1)[C@H](C)OC(=O)C(C)NC(=O)c1nccc(OC)c1O. The molecule has 9 nitrogen and oxygen atoms in total. The summed E-state index contributed by atoms with van der Waals surface area (Å²) in [6, 6.07) is 11.5. The zero-order valence-electron chi connectivity index (χ0n) is 21.2. The Labute approximate surface area is 214 Å². The van der Waals surface area contributed by atoms with Crippen molar-refractivity contribution < 1.29 is 38.0 Å². The monoisotopic (exact) mass is 512 g/mol. The van der Waals surface area contributed by atoms with Crippen LogP contribution in [0.1, 0.15) is 41.6 Å². The van der Waals surface area contributed by atoms with Crippen LogP contribution in [-0.4, -0.2) is 48.3 Å².